The van der Waals surface area contributed by atoms with Crippen molar-refractivity contribution in [2.24, 2.45) is 0 Å². The van der Waals surface area contributed by atoms with Crippen LogP contribution in [-0.4, -0.2) is 4.98 Å². The van der Waals surface area contributed by atoms with Crippen LogP contribution in [0.4, 0.5) is 0 Å². The number of hydrogen-bond donors (Lipinski definition) is 0. The molecule has 0 saturated heterocycles. The van der Waals surface area contributed by atoms with Gasteiger partial charge >= 0.3 is 0 Å². The number of benzene rings is 1. The Balaban J connectivity index is 2.30. The Morgan fingerprint density at radius 3 is 2.50 bits per heavy atom. The molecule has 0 aliphatic carbocycles. The lowest BCUT2D eigenvalue weighted by Gasteiger charge is -2.05. The molecule has 0 spiro atoms. The van der Waals surface area contributed by atoms with Gasteiger partial charge in [-0.15, -0.1) is 0 Å². The van der Waals surface area contributed by atoms with Crippen molar-refractivity contribution in [1.29, 1.82) is 0 Å². The standard InChI is InChI=1S/C15H12BrNO/c1-9-4-3-5-10(2)14(9)13-8-11-12(18-13)6-7-17-15(11)16/h3-8H,1-2H3. The fourth-order valence-electron chi connectivity index (χ4n) is 2.26. The monoisotopic (exact) mass is 301 g/mol. The molecule has 0 radical (unpaired) electrons. The first-order valence-corrected chi connectivity index (χ1v) is 6.57. The number of halogens is 1. The van der Waals surface area contributed by atoms with Gasteiger partial charge < -0.3 is 4.42 Å². The SMILES string of the molecule is Cc1cccc(C)c1-c1cc2c(Br)nccc2o1. The smallest absolute Gasteiger partial charge is 0.139 e. The number of rotatable bonds is 1. The molecule has 0 amide bonds. The van der Waals surface area contributed by atoms with E-state index in [4.69, 9.17) is 4.42 Å². The maximum Gasteiger partial charge on any atom is 0.139 e. The number of aryl methyl sites for hydroxylation is 2. The van der Waals surface area contributed by atoms with Gasteiger partial charge in [-0.3, -0.25) is 0 Å². The normalized spacial score (nSPS) is 11.1. The van der Waals surface area contributed by atoms with Crippen LogP contribution in [-0.2, 0) is 0 Å². The van der Waals surface area contributed by atoms with E-state index < -0.39 is 0 Å². The summed E-state index contributed by atoms with van der Waals surface area (Å²) in [6.45, 7) is 4.20. The zero-order valence-corrected chi connectivity index (χ0v) is 11.8. The largest absolute Gasteiger partial charge is 0.456 e. The highest BCUT2D eigenvalue weighted by Crippen LogP contribution is 2.34. The van der Waals surface area contributed by atoms with Gasteiger partial charge in [0.05, 0.1) is 5.39 Å². The van der Waals surface area contributed by atoms with E-state index in [1.807, 2.05) is 12.1 Å². The summed E-state index contributed by atoms with van der Waals surface area (Å²) in [6.07, 6.45) is 1.74. The molecule has 2 nitrogen and oxygen atoms in total. The topological polar surface area (TPSA) is 26.0 Å². The minimum absolute atomic E-state index is 0.821. The summed E-state index contributed by atoms with van der Waals surface area (Å²) in [7, 11) is 0. The molecule has 0 aliphatic heterocycles. The molecule has 1 aromatic carbocycles. The molecule has 0 fully saturated rings. The maximum atomic E-state index is 5.93. The number of pyridine rings is 1. The van der Waals surface area contributed by atoms with Gasteiger partial charge in [0.2, 0.25) is 0 Å². The minimum Gasteiger partial charge on any atom is -0.456 e. The number of nitrogens with zero attached hydrogens (tertiary/aromatic N) is 1. The van der Waals surface area contributed by atoms with E-state index >= 15 is 0 Å². The first kappa shape index (κ1) is 11.5. The third-order valence-electron chi connectivity index (χ3n) is 3.12. The third-order valence-corrected chi connectivity index (χ3v) is 3.76. The Bertz CT molecular complexity index is 710. The molecule has 0 unspecified atom stereocenters. The molecule has 0 saturated carbocycles. The van der Waals surface area contributed by atoms with Gasteiger partial charge in [-0.2, -0.15) is 0 Å². The van der Waals surface area contributed by atoms with Crippen molar-refractivity contribution < 1.29 is 4.42 Å². The molecule has 0 aliphatic rings. The zero-order valence-electron chi connectivity index (χ0n) is 10.2. The van der Waals surface area contributed by atoms with Crippen LogP contribution in [0, 0.1) is 13.8 Å². The predicted molar refractivity (Wildman–Crippen MR) is 76.6 cm³/mol. The van der Waals surface area contributed by atoms with Crippen molar-refractivity contribution in [3.05, 3.63) is 52.3 Å². The lowest BCUT2D eigenvalue weighted by atomic mass is 10.0. The summed E-state index contributed by atoms with van der Waals surface area (Å²) in [6, 6.07) is 10.2. The average Bonchev–Trinajstić information content (AvgIpc) is 2.74. The lowest BCUT2D eigenvalue weighted by Crippen LogP contribution is -1.85. The molecule has 0 atom stereocenters. The van der Waals surface area contributed by atoms with Crippen LogP contribution in [0.3, 0.4) is 0 Å². The first-order valence-electron chi connectivity index (χ1n) is 5.77. The second kappa shape index (κ2) is 4.25. The Morgan fingerprint density at radius 2 is 1.83 bits per heavy atom. The van der Waals surface area contributed by atoms with Crippen LogP contribution in [0.1, 0.15) is 11.1 Å². The fourth-order valence-corrected chi connectivity index (χ4v) is 2.68. The Kier molecular flexibility index (Phi) is 2.71. The predicted octanol–water partition coefficient (Wildman–Crippen LogP) is 4.87. The average molecular weight is 302 g/mol. The number of hydrogen-bond acceptors (Lipinski definition) is 2. The van der Waals surface area contributed by atoms with E-state index in [9.17, 15) is 0 Å². The summed E-state index contributed by atoms with van der Waals surface area (Å²) in [4.78, 5) is 4.22. The number of furan rings is 1. The number of aromatic nitrogens is 1. The van der Waals surface area contributed by atoms with E-state index in [2.05, 4.69) is 53.0 Å². The summed E-state index contributed by atoms with van der Waals surface area (Å²) in [5.41, 5.74) is 4.46. The van der Waals surface area contributed by atoms with Crippen molar-refractivity contribution in [3.63, 3.8) is 0 Å². The fraction of sp³-hybridized carbons (Fsp3) is 0.133. The van der Waals surface area contributed by atoms with Crippen LogP contribution < -0.4 is 0 Å². The van der Waals surface area contributed by atoms with E-state index in [1.165, 1.54) is 16.7 Å². The zero-order chi connectivity index (χ0) is 12.7. The second-order valence-corrected chi connectivity index (χ2v) is 5.14. The van der Waals surface area contributed by atoms with E-state index in [-0.39, 0.29) is 0 Å². The molecular formula is C15H12BrNO. The Hall–Kier alpha value is -1.61. The van der Waals surface area contributed by atoms with E-state index in [1.54, 1.807) is 6.20 Å². The third kappa shape index (κ3) is 1.75. The highest BCUT2D eigenvalue weighted by Gasteiger charge is 2.12. The van der Waals surface area contributed by atoms with Crippen molar-refractivity contribution in [2.45, 2.75) is 13.8 Å². The van der Waals surface area contributed by atoms with Crippen molar-refractivity contribution in [2.75, 3.05) is 0 Å². The van der Waals surface area contributed by atoms with Gasteiger partial charge in [0.15, 0.2) is 0 Å². The molecule has 2 heterocycles. The summed E-state index contributed by atoms with van der Waals surface area (Å²) < 4.78 is 6.75. The maximum absolute atomic E-state index is 5.93. The molecule has 0 bridgehead atoms. The molecule has 18 heavy (non-hydrogen) atoms. The van der Waals surface area contributed by atoms with Gasteiger partial charge in [-0.05, 0) is 53.0 Å². The van der Waals surface area contributed by atoms with Gasteiger partial charge in [-0.1, -0.05) is 18.2 Å². The summed E-state index contributed by atoms with van der Waals surface area (Å²) >= 11 is 3.45. The van der Waals surface area contributed by atoms with Gasteiger partial charge in [0.25, 0.3) is 0 Å². The number of fused-ring (bicyclic) bond motifs is 1. The molecule has 3 aromatic rings. The highest BCUT2D eigenvalue weighted by molar-refractivity contribution is 9.10. The van der Waals surface area contributed by atoms with Crippen molar-refractivity contribution in [3.8, 4) is 11.3 Å². The first-order chi connectivity index (χ1) is 8.66. The van der Waals surface area contributed by atoms with Crippen LogP contribution >= 0.6 is 15.9 Å². The molecular weight excluding hydrogens is 290 g/mol. The van der Waals surface area contributed by atoms with E-state index in [0.717, 1.165) is 21.3 Å². The molecule has 3 rings (SSSR count). The van der Waals surface area contributed by atoms with Crippen LogP contribution in [0.2, 0.25) is 0 Å². The molecule has 0 N–H and O–H groups in total. The van der Waals surface area contributed by atoms with Gasteiger partial charge in [0.1, 0.15) is 15.9 Å². The quantitative estimate of drug-likeness (QED) is 0.599. The Labute approximate surface area is 114 Å². The summed E-state index contributed by atoms with van der Waals surface area (Å²) in [5, 5.41) is 1.01. The summed E-state index contributed by atoms with van der Waals surface area (Å²) in [5.74, 6) is 0.898. The van der Waals surface area contributed by atoms with Gasteiger partial charge in [0, 0.05) is 11.8 Å². The lowest BCUT2D eigenvalue weighted by molar-refractivity contribution is 0.630. The van der Waals surface area contributed by atoms with Crippen LogP contribution in [0.25, 0.3) is 22.3 Å². The van der Waals surface area contributed by atoms with Crippen LogP contribution in [0.5, 0.6) is 0 Å². The van der Waals surface area contributed by atoms with E-state index in [0.29, 0.717) is 0 Å². The molecule has 90 valence electrons. The minimum atomic E-state index is 0.821. The Morgan fingerprint density at radius 1 is 1.11 bits per heavy atom. The van der Waals surface area contributed by atoms with Crippen molar-refractivity contribution in [1.82, 2.24) is 4.98 Å². The molecule has 3 heteroatoms. The van der Waals surface area contributed by atoms with Crippen molar-refractivity contribution >= 4 is 26.9 Å². The molecule has 2 aromatic heterocycles. The second-order valence-electron chi connectivity index (χ2n) is 4.39. The van der Waals surface area contributed by atoms with Gasteiger partial charge in [-0.25, -0.2) is 4.98 Å². The highest BCUT2D eigenvalue weighted by atomic mass is 79.9. The van der Waals surface area contributed by atoms with Crippen LogP contribution in [0.15, 0.2) is 45.5 Å².